The van der Waals surface area contributed by atoms with Gasteiger partial charge in [0.25, 0.3) is 0 Å². The van der Waals surface area contributed by atoms with Crippen molar-refractivity contribution in [3.05, 3.63) is 57.5 Å². The number of hydrogen-bond acceptors (Lipinski definition) is 2. The number of para-hydroxylation sites is 1. The summed E-state index contributed by atoms with van der Waals surface area (Å²) in [6.07, 6.45) is 0. The Morgan fingerprint density at radius 2 is 1.89 bits per heavy atom. The van der Waals surface area contributed by atoms with Gasteiger partial charge in [0.1, 0.15) is 11.5 Å². The second kappa shape index (κ2) is 5.74. The SMILES string of the molecule is CC(N)c1ccc(Oc2ccccc2Cl)c(Br)c1. The Balaban J connectivity index is 2.28. The van der Waals surface area contributed by atoms with Crippen LogP contribution in [0.15, 0.2) is 46.9 Å². The van der Waals surface area contributed by atoms with Gasteiger partial charge in [-0.05, 0) is 52.7 Å². The first-order chi connectivity index (χ1) is 8.58. The molecule has 0 aliphatic carbocycles. The summed E-state index contributed by atoms with van der Waals surface area (Å²) in [6.45, 7) is 1.94. The smallest absolute Gasteiger partial charge is 0.146 e. The molecule has 0 aliphatic heterocycles. The van der Waals surface area contributed by atoms with Gasteiger partial charge >= 0.3 is 0 Å². The first-order valence-electron chi connectivity index (χ1n) is 5.55. The van der Waals surface area contributed by atoms with Crippen molar-refractivity contribution in [3.8, 4) is 11.5 Å². The topological polar surface area (TPSA) is 35.2 Å². The Labute approximate surface area is 120 Å². The van der Waals surface area contributed by atoms with Crippen LogP contribution in [0.25, 0.3) is 0 Å². The standard InChI is InChI=1S/C14H13BrClNO/c1-9(17)10-6-7-13(11(15)8-10)18-14-5-3-2-4-12(14)16/h2-9H,17H2,1H3. The molecule has 4 heteroatoms. The molecule has 0 heterocycles. The molecule has 18 heavy (non-hydrogen) atoms. The molecule has 2 aromatic carbocycles. The summed E-state index contributed by atoms with van der Waals surface area (Å²) in [5.41, 5.74) is 6.88. The van der Waals surface area contributed by atoms with Crippen molar-refractivity contribution in [2.75, 3.05) is 0 Å². The zero-order valence-electron chi connectivity index (χ0n) is 9.86. The lowest BCUT2D eigenvalue weighted by Crippen LogP contribution is -2.04. The highest BCUT2D eigenvalue weighted by atomic mass is 79.9. The molecule has 0 aromatic heterocycles. The van der Waals surface area contributed by atoms with E-state index in [1.807, 2.05) is 43.3 Å². The van der Waals surface area contributed by atoms with Gasteiger partial charge in [-0.2, -0.15) is 0 Å². The molecule has 2 N–H and O–H groups in total. The van der Waals surface area contributed by atoms with E-state index in [0.717, 1.165) is 10.0 Å². The first kappa shape index (κ1) is 13.4. The average molecular weight is 327 g/mol. The van der Waals surface area contributed by atoms with Gasteiger partial charge in [0.2, 0.25) is 0 Å². The van der Waals surface area contributed by atoms with Crippen molar-refractivity contribution in [2.24, 2.45) is 5.73 Å². The van der Waals surface area contributed by atoms with Crippen molar-refractivity contribution >= 4 is 27.5 Å². The van der Waals surface area contributed by atoms with Gasteiger partial charge in [0.15, 0.2) is 0 Å². The van der Waals surface area contributed by atoms with Gasteiger partial charge in [0, 0.05) is 6.04 Å². The van der Waals surface area contributed by atoms with Gasteiger partial charge in [0.05, 0.1) is 9.50 Å². The summed E-state index contributed by atoms with van der Waals surface area (Å²) in [5.74, 6) is 1.35. The molecule has 0 bridgehead atoms. The highest BCUT2D eigenvalue weighted by Gasteiger charge is 2.08. The number of benzene rings is 2. The minimum atomic E-state index is -0.00402. The van der Waals surface area contributed by atoms with E-state index < -0.39 is 0 Å². The summed E-state index contributed by atoms with van der Waals surface area (Å²) < 4.78 is 6.61. The largest absolute Gasteiger partial charge is 0.455 e. The van der Waals surface area contributed by atoms with E-state index in [0.29, 0.717) is 16.5 Å². The van der Waals surface area contributed by atoms with Crippen LogP contribution < -0.4 is 10.5 Å². The monoisotopic (exact) mass is 325 g/mol. The zero-order chi connectivity index (χ0) is 13.1. The van der Waals surface area contributed by atoms with Crippen LogP contribution >= 0.6 is 27.5 Å². The third-order valence-electron chi connectivity index (χ3n) is 2.54. The van der Waals surface area contributed by atoms with E-state index in [1.165, 1.54) is 0 Å². The van der Waals surface area contributed by atoms with Crippen LogP contribution in [0, 0.1) is 0 Å². The number of nitrogens with two attached hydrogens (primary N) is 1. The van der Waals surface area contributed by atoms with E-state index in [1.54, 1.807) is 6.07 Å². The maximum atomic E-state index is 6.05. The van der Waals surface area contributed by atoms with E-state index in [4.69, 9.17) is 22.1 Å². The van der Waals surface area contributed by atoms with Crippen molar-refractivity contribution in [1.82, 2.24) is 0 Å². The molecule has 0 saturated heterocycles. The van der Waals surface area contributed by atoms with Crippen LogP contribution in [0.2, 0.25) is 5.02 Å². The second-order valence-corrected chi connectivity index (χ2v) is 5.27. The molecule has 0 saturated carbocycles. The normalized spacial score (nSPS) is 12.2. The molecular weight excluding hydrogens is 314 g/mol. The summed E-state index contributed by atoms with van der Waals surface area (Å²) in [5, 5.41) is 0.584. The quantitative estimate of drug-likeness (QED) is 0.869. The number of ether oxygens (including phenoxy) is 1. The molecule has 0 spiro atoms. The van der Waals surface area contributed by atoms with Crippen molar-refractivity contribution in [3.63, 3.8) is 0 Å². The third kappa shape index (κ3) is 3.05. The Bertz CT molecular complexity index is 557. The highest BCUT2D eigenvalue weighted by molar-refractivity contribution is 9.10. The summed E-state index contributed by atoms with van der Waals surface area (Å²) >= 11 is 9.52. The third-order valence-corrected chi connectivity index (χ3v) is 3.47. The molecule has 0 aliphatic rings. The van der Waals surface area contributed by atoms with Gasteiger partial charge in [-0.25, -0.2) is 0 Å². The summed E-state index contributed by atoms with van der Waals surface area (Å²) in [7, 11) is 0. The summed E-state index contributed by atoms with van der Waals surface area (Å²) in [4.78, 5) is 0. The van der Waals surface area contributed by atoms with Crippen LogP contribution in [-0.2, 0) is 0 Å². The maximum absolute atomic E-state index is 6.05. The van der Waals surface area contributed by atoms with Crippen molar-refractivity contribution in [2.45, 2.75) is 13.0 Å². The molecule has 94 valence electrons. The Kier molecular flexibility index (Phi) is 4.27. The van der Waals surface area contributed by atoms with Crippen LogP contribution in [0.1, 0.15) is 18.5 Å². The number of hydrogen-bond donors (Lipinski definition) is 1. The predicted octanol–water partition coefficient (Wildman–Crippen LogP) is 4.91. The molecule has 2 nitrogen and oxygen atoms in total. The molecule has 1 unspecified atom stereocenters. The van der Waals surface area contributed by atoms with Gasteiger partial charge < -0.3 is 10.5 Å². The molecule has 0 radical (unpaired) electrons. The fourth-order valence-electron chi connectivity index (χ4n) is 1.53. The second-order valence-electron chi connectivity index (χ2n) is 4.01. The van der Waals surface area contributed by atoms with E-state index in [-0.39, 0.29) is 6.04 Å². The zero-order valence-corrected chi connectivity index (χ0v) is 12.2. The van der Waals surface area contributed by atoms with E-state index in [9.17, 15) is 0 Å². The Hall–Kier alpha value is -1.03. The van der Waals surface area contributed by atoms with Gasteiger partial charge in [-0.1, -0.05) is 29.8 Å². The van der Waals surface area contributed by atoms with Crippen molar-refractivity contribution in [1.29, 1.82) is 0 Å². The van der Waals surface area contributed by atoms with Crippen LogP contribution in [0.5, 0.6) is 11.5 Å². The Morgan fingerprint density at radius 3 is 2.50 bits per heavy atom. The minimum absolute atomic E-state index is 0.00402. The summed E-state index contributed by atoms with van der Waals surface area (Å²) in [6, 6.07) is 13.1. The Morgan fingerprint density at radius 1 is 1.17 bits per heavy atom. The van der Waals surface area contributed by atoms with Crippen LogP contribution in [0.3, 0.4) is 0 Å². The number of rotatable bonds is 3. The van der Waals surface area contributed by atoms with E-state index >= 15 is 0 Å². The van der Waals surface area contributed by atoms with Crippen LogP contribution in [-0.4, -0.2) is 0 Å². The predicted molar refractivity (Wildman–Crippen MR) is 78.3 cm³/mol. The highest BCUT2D eigenvalue weighted by Crippen LogP contribution is 2.34. The molecule has 2 aromatic rings. The fraction of sp³-hybridized carbons (Fsp3) is 0.143. The number of halogens is 2. The van der Waals surface area contributed by atoms with Gasteiger partial charge in [-0.15, -0.1) is 0 Å². The minimum Gasteiger partial charge on any atom is -0.455 e. The lowest BCUT2D eigenvalue weighted by molar-refractivity contribution is 0.479. The maximum Gasteiger partial charge on any atom is 0.146 e. The molecule has 1 atom stereocenters. The van der Waals surface area contributed by atoms with E-state index in [2.05, 4.69) is 15.9 Å². The van der Waals surface area contributed by atoms with Crippen molar-refractivity contribution < 1.29 is 4.74 Å². The molecule has 0 fully saturated rings. The lowest BCUT2D eigenvalue weighted by atomic mass is 10.1. The molecular formula is C14H13BrClNO. The lowest BCUT2D eigenvalue weighted by Gasteiger charge is -2.12. The molecule has 0 amide bonds. The first-order valence-corrected chi connectivity index (χ1v) is 6.72. The van der Waals surface area contributed by atoms with Gasteiger partial charge in [-0.3, -0.25) is 0 Å². The molecule has 2 rings (SSSR count). The van der Waals surface area contributed by atoms with Crippen LogP contribution in [0.4, 0.5) is 0 Å². The fourth-order valence-corrected chi connectivity index (χ4v) is 2.18. The average Bonchev–Trinajstić information content (AvgIpc) is 2.34.